The predicted octanol–water partition coefficient (Wildman–Crippen LogP) is -2.80. The van der Waals surface area contributed by atoms with E-state index < -0.39 is 36.7 Å². The molecule has 0 bridgehead atoms. The Morgan fingerprint density at radius 2 is 2.08 bits per heavy atom. The summed E-state index contributed by atoms with van der Waals surface area (Å²) < 4.78 is 4.29. The summed E-state index contributed by atoms with van der Waals surface area (Å²) in [6, 6.07) is 0. The maximum Gasteiger partial charge on any atom is 0.343 e. The van der Waals surface area contributed by atoms with E-state index in [0.717, 1.165) is 0 Å². The van der Waals surface area contributed by atoms with Crippen LogP contribution in [0.3, 0.4) is 0 Å². The Balaban J connectivity index is 2.71. The zero-order chi connectivity index (χ0) is 9.30. The molecule has 1 aliphatic rings. The molecule has 1 fully saturated rings. The third-order valence-electron chi connectivity index (χ3n) is 1.55. The Bertz CT molecular complexity index is 212. The van der Waals surface area contributed by atoms with E-state index in [1.165, 1.54) is 0 Å². The minimum absolute atomic E-state index is 0.698. The largest absolute Gasteiger partial charge is 0.449 e. The zero-order valence-electron chi connectivity index (χ0n) is 6.01. The number of ether oxygens (including phenoxy) is 1. The van der Waals surface area contributed by atoms with Crippen molar-refractivity contribution >= 4 is 11.8 Å². The zero-order valence-corrected chi connectivity index (χ0v) is 6.01. The van der Waals surface area contributed by atoms with E-state index in [0.29, 0.717) is 0 Å². The van der Waals surface area contributed by atoms with E-state index in [4.69, 9.17) is 15.3 Å². The summed E-state index contributed by atoms with van der Waals surface area (Å²) >= 11 is 0. The first kappa shape index (κ1) is 9.11. The molecule has 6 nitrogen and oxygen atoms in total. The van der Waals surface area contributed by atoms with E-state index in [1.54, 1.807) is 0 Å². The number of hydrogen-bond donors (Lipinski definition) is 3. The molecule has 3 atom stereocenters. The molecule has 3 N–H and O–H groups in total. The molecular formula is C6H8O6. The van der Waals surface area contributed by atoms with Crippen molar-refractivity contribution in [1.82, 2.24) is 0 Å². The van der Waals surface area contributed by atoms with E-state index in [-0.39, 0.29) is 0 Å². The van der Waals surface area contributed by atoms with Crippen LogP contribution in [0.4, 0.5) is 0 Å². The van der Waals surface area contributed by atoms with Crippen LogP contribution in [-0.2, 0) is 14.3 Å². The third kappa shape index (κ3) is 1.31. The molecule has 0 radical (unpaired) electrons. The molecule has 1 saturated heterocycles. The maximum absolute atomic E-state index is 10.8. The molecule has 12 heavy (non-hydrogen) atoms. The molecule has 6 heteroatoms. The van der Waals surface area contributed by atoms with Gasteiger partial charge in [0.25, 0.3) is 0 Å². The molecule has 1 unspecified atom stereocenters. The minimum atomic E-state index is -1.82. The number of carbonyl (C=O) groups is 2. The standard InChI is InChI=1S/C6H8O6/c7-1-2(8)5-3(9)4(10)6(11)12-5/h2,4-5,7-8,10H,1H2/t2-,4?,5-/m0/s1. The van der Waals surface area contributed by atoms with Crippen LogP contribution < -0.4 is 0 Å². The number of esters is 1. The Morgan fingerprint density at radius 1 is 1.50 bits per heavy atom. The molecule has 0 aliphatic carbocycles. The van der Waals surface area contributed by atoms with Gasteiger partial charge in [0.15, 0.2) is 6.10 Å². The topological polar surface area (TPSA) is 104 Å². The van der Waals surface area contributed by atoms with Crippen LogP contribution in [0.1, 0.15) is 0 Å². The highest BCUT2D eigenvalue weighted by atomic mass is 16.6. The van der Waals surface area contributed by atoms with Gasteiger partial charge in [-0.15, -0.1) is 0 Å². The van der Waals surface area contributed by atoms with Crippen molar-refractivity contribution in [2.75, 3.05) is 6.61 Å². The van der Waals surface area contributed by atoms with Crippen LogP contribution in [0.15, 0.2) is 0 Å². The van der Waals surface area contributed by atoms with Gasteiger partial charge < -0.3 is 20.1 Å². The summed E-state index contributed by atoms with van der Waals surface area (Å²) in [5, 5.41) is 26.1. The number of aliphatic hydroxyl groups excluding tert-OH is 3. The van der Waals surface area contributed by atoms with Gasteiger partial charge in [0.1, 0.15) is 6.10 Å². The molecule has 0 amide bonds. The van der Waals surface area contributed by atoms with Gasteiger partial charge in [0.2, 0.25) is 11.9 Å². The second kappa shape index (κ2) is 3.18. The van der Waals surface area contributed by atoms with Crippen LogP contribution in [0.2, 0.25) is 0 Å². The number of rotatable bonds is 2. The van der Waals surface area contributed by atoms with Crippen molar-refractivity contribution in [3.63, 3.8) is 0 Å². The van der Waals surface area contributed by atoms with Crippen LogP contribution in [0.25, 0.3) is 0 Å². The lowest BCUT2D eigenvalue weighted by Gasteiger charge is -2.11. The van der Waals surface area contributed by atoms with Gasteiger partial charge in [-0.25, -0.2) is 4.79 Å². The normalized spacial score (nSPS) is 31.9. The maximum atomic E-state index is 10.8. The quantitative estimate of drug-likeness (QED) is 0.310. The summed E-state index contributed by atoms with van der Waals surface area (Å²) in [5.41, 5.74) is 0. The van der Waals surface area contributed by atoms with Gasteiger partial charge in [-0.2, -0.15) is 0 Å². The lowest BCUT2D eigenvalue weighted by Crippen LogP contribution is -2.36. The van der Waals surface area contributed by atoms with Crippen LogP contribution >= 0.6 is 0 Å². The Kier molecular flexibility index (Phi) is 2.41. The Labute approximate surface area is 67.4 Å². The van der Waals surface area contributed by atoms with Gasteiger partial charge in [-0.3, -0.25) is 4.79 Å². The van der Waals surface area contributed by atoms with Gasteiger partial charge in [0.05, 0.1) is 6.61 Å². The molecule has 1 rings (SSSR count). The molecule has 0 aromatic rings. The number of ketones is 1. The van der Waals surface area contributed by atoms with Crippen LogP contribution in [-0.4, -0.2) is 52.0 Å². The first-order valence-electron chi connectivity index (χ1n) is 3.29. The highest BCUT2D eigenvalue weighted by Crippen LogP contribution is 2.13. The summed E-state index contributed by atoms with van der Waals surface area (Å²) in [6.45, 7) is -0.698. The van der Waals surface area contributed by atoms with Gasteiger partial charge in [-0.1, -0.05) is 0 Å². The fourth-order valence-corrected chi connectivity index (χ4v) is 0.883. The summed E-state index contributed by atoms with van der Waals surface area (Å²) in [6.07, 6.45) is -4.72. The second-order valence-electron chi connectivity index (χ2n) is 2.41. The van der Waals surface area contributed by atoms with E-state index >= 15 is 0 Å². The summed E-state index contributed by atoms with van der Waals surface area (Å²) in [4.78, 5) is 21.4. The summed E-state index contributed by atoms with van der Waals surface area (Å²) in [5.74, 6) is -2.00. The molecular weight excluding hydrogens is 168 g/mol. The van der Waals surface area contributed by atoms with Crippen molar-refractivity contribution in [3.8, 4) is 0 Å². The number of cyclic esters (lactones) is 1. The monoisotopic (exact) mass is 176 g/mol. The third-order valence-corrected chi connectivity index (χ3v) is 1.55. The van der Waals surface area contributed by atoms with Gasteiger partial charge in [-0.05, 0) is 0 Å². The van der Waals surface area contributed by atoms with E-state index in [2.05, 4.69) is 4.74 Å². The first-order chi connectivity index (χ1) is 5.57. The highest BCUT2D eigenvalue weighted by molar-refractivity contribution is 6.09. The first-order valence-corrected chi connectivity index (χ1v) is 3.29. The molecule has 1 heterocycles. The molecule has 68 valence electrons. The van der Waals surface area contributed by atoms with Crippen molar-refractivity contribution in [1.29, 1.82) is 0 Å². The fraction of sp³-hybridized carbons (Fsp3) is 0.667. The molecule has 0 saturated carbocycles. The number of hydrogen-bond acceptors (Lipinski definition) is 6. The van der Waals surface area contributed by atoms with E-state index in [1.807, 2.05) is 0 Å². The SMILES string of the molecule is O=C1O[C@@H]([C@@H](O)CO)C(=O)C1O. The number of carbonyl (C=O) groups excluding carboxylic acids is 2. The predicted molar refractivity (Wildman–Crippen MR) is 34.0 cm³/mol. The van der Waals surface area contributed by atoms with Crippen molar-refractivity contribution in [2.45, 2.75) is 18.3 Å². The Hall–Kier alpha value is -0.980. The van der Waals surface area contributed by atoms with Crippen molar-refractivity contribution in [3.05, 3.63) is 0 Å². The van der Waals surface area contributed by atoms with E-state index in [9.17, 15) is 9.59 Å². The fourth-order valence-electron chi connectivity index (χ4n) is 0.883. The van der Waals surface area contributed by atoms with Gasteiger partial charge in [0, 0.05) is 0 Å². The van der Waals surface area contributed by atoms with Crippen molar-refractivity contribution < 1.29 is 29.6 Å². The van der Waals surface area contributed by atoms with Crippen LogP contribution in [0, 0.1) is 0 Å². The molecule has 0 aromatic carbocycles. The molecule has 1 aliphatic heterocycles. The summed E-state index contributed by atoms with van der Waals surface area (Å²) in [7, 11) is 0. The number of Topliss-reactive ketones (excluding diaryl/α,β-unsaturated/α-hetero) is 1. The molecule has 0 spiro atoms. The molecule has 0 aromatic heterocycles. The average Bonchev–Trinajstić information content (AvgIpc) is 2.32. The average molecular weight is 176 g/mol. The lowest BCUT2D eigenvalue weighted by atomic mass is 10.1. The Morgan fingerprint density at radius 3 is 2.42 bits per heavy atom. The minimum Gasteiger partial charge on any atom is -0.449 e. The smallest absolute Gasteiger partial charge is 0.343 e. The van der Waals surface area contributed by atoms with Crippen molar-refractivity contribution in [2.24, 2.45) is 0 Å². The second-order valence-corrected chi connectivity index (χ2v) is 2.41. The lowest BCUT2D eigenvalue weighted by molar-refractivity contribution is -0.151. The highest BCUT2D eigenvalue weighted by Gasteiger charge is 2.45. The van der Waals surface area contributed by atoms with Gasteiger partial charge >= 0.3 is 5.97 Å². The number of aliphatic hydroxyl groups is 3. The van der Waals surface area contributed by atoms with Crippen LogP contribution in [0.5, 0.6) is 0 Å².